The van der Waals surface area contributed by atoms with Crippen molar-refractivity contribution in [1.82, 2.24) is 5.48 Å². The number of ether oxygens (including phenoxy) is 1. The molecule has 1 saturated heterocycles. The number of amides is 1. The predicted octanol–water partition coefficient (Wildman–Crippen LogP) is 0.481. The zero-order chi connectivity index (χ0) is 8.81. The molecule has 1 aliphatic rings. The molecule has 1 atom stereocenters. The molecule has 0 aromatic rings. The minimum atomic E-state index is -0.0620. The van der Waals surface area contributed by atoms with E-state index in [9.17, 15) is 4.79 Å². The molecule has 1 N–H and O–H groups in total. The van der Waals surface area contributed by atoms with Gasteiger partial charge in [-0.25, -0.2) is 5.48 Å². The first-order chi connectivity index (χ1) is 5.83. The standard InChI is InChI=1S/C8H15NO3/c1-11-9-8(10)5-7-3-2-4-12-6-7/h7H,2-6H2,1H3,(H,9,10). The summed E-state index contributed by atoms with van der Waals surface area (Å²) in [5.74, 6) is 0.307. The van der Waals surface area contributed by atoms with E-state index in [0.717, 1.165) is 19.4 Å². The smallest absolute Gasteiger partial charge is 0.243 e. The van der Waals surface area contributed by atoms with Crippen molar-refractivity contribution in [2.45, 2.75) is 19.3 Å². The van der Waals surface area contributed by atoms with Crippen molar-refractivity contribution >= 4 is 5.91 Å². The lowest BCUT2D eigenvalue weighted by atomic mass is 9.98. The van der Waals surface area contributed by atoms with E-state index in [1.54, 1.807) is 0 Å². The maximum absolute atomic E-state index is 11.0. The van der Waals surface area contributed by atoms with Gasteiger partial charge in [-0.3, -0.25) is 9.63 Å². The van der Waals surface area contributed by atoms with Crippen LogP contribution in [0.4, 0.5) is 0 Å². The van der Waals surface area contributed by atoms with Crippen molar-refractivity contribution in [3.8, 4) is 0 Å². The Bertz CT molecular complexity index is 143. The first-order valence-corrected chi connectivity index (χ1v) is 4.22. The summed E-state index contributed by atoms with van der Waals surface area (Å²) in [6.07, 6.45) is 2.65. The van der Waals surface area contributed by atoms with Crippen LogP contribution in [0.2, 0.25) is 0 Å². The Balaban J connectivity index is 2.15. The van der Waals surface area contributed by atoms with Gasteiger partial charge in [0.15, 0.2) is 0 Å². The molecule has 4 nitrogen and oxygen atoms in total. The van der Waals surface area contributed by atoms with Gasteiger partial charge in [-0.1, -0.05) is 0 Å². The van der Waals surface area contributed by atoms with E-state index in [1.807, 2.05) is 0 Å². The third-order valence-corrected chi connectivity index (χ3v) is 1.94. The lowest BCUT2D eigenvalue weighted by molar-refractivity contribution is -0.133. The van der Waals surface area contributed by atoms with Crippen molar-refractivity contribution < 1.29 is 14.4 Å². The highest BCUT2D eigenvalue weighted by molar-refractivity contribution is 5.74. The van der Waals surface area contributed by atoms with Crippen LogP contribution < -0.4 is 5.48 Å². The molecule has 0 spiro atoms. The quantitative estimate of drug-likeness (QED) is 0.631. The molecule has 1 aliphatic heterocycles. The summed E-state index contributed by atoms with van der Waals surface area (Å²) in [6.45, 7) is 1.54. The molecule has 1 fully saturated rings. The van der Waals surface area contributed by atoms with Gasteiger partial charge in [0.1, 0.15) is 0 Å². The molecule has 12 heavy (non-hydrogen) atoms. The van der Waals surface area contributed by atoms with E-state index < -0.39 is 0 Å². The molecular weight excluding hydrogens is 158 g/mol. The van der Waals surface area contributed by atoms with Crippen molar-refractivity contribution in [2.24, 2.45) is 5.92 Å². The monoisotopic (exact) mass is 173 g/mol. The van der Waals surface area contributed by atoms with Gasteiger partial charge in [0.25, 0.3) is 0 Å². The van der Waals surface area contributed by atoms with E-state index in [0.29, 0.717) is 18.9 Å². The van der Waals surface area contributed by atoms with Gasteiger partial charge in [-0.15, -0.1) is 0 Å². The molecule has 1 amide bonds. The highest BCUT2D eigenvalue weighted by atomic mass is 16.6. The van der Waals surface area contributed by atoms with Crippen molar-refractivity contribution in [1.29, 1.82) is 0 Å². The maximum atomic E-state index is 11.0. The normalized spacial score (nSPS) is 23.6. The summed E-state index contributed by atoms with van der Waals surface area (Å²) >= 11 is 0. The second-order valence-corrected chi connectivity index (χ2v) is 3.02. The fourth-order valence-electron chi connectivity index (χ4n) is 1.39. The third kappa shape index (κ3) is 3.19. The zero-order valence-corrected chi connectivity index (χ0v) is 7.34. The van der Waals surface area contributed by atoms with Crippen LogP contribution in [0.1, 0.15) is 19.3 Å². The van der Waals surface area contributed by atoms with E-state index in [2.05, 4.69) is 10.3 Å². The van der Waals surface area contributed by atoms with Crippen LogP contribution in [0.15, 0.2) is 0 Å². The summed E-state index contributed by atoms with van der Waals surface area (Å²) in [7, 11) is 1.44. The lowest BCUT2D eigenvalue weighted by Crippen LogP contribution is -2.27. The Labute approximate surface area is 72.2 Å². The molecule has 0 radical (unpaired) electrons. The van der Waals surface area contributed by atoms with Gasteiger partial charge in [0.05, 0.1) is 7.11 Å². The van der Waals surface area contributed by atoms with E-state index >= 15 is 0 Å². The van der Waals surface area contributed by atoms with E-state index in [1.165, 1.54) is 7.11 Å². The minimum absolute atomic E-state index is 0.0620. The third-order valence-electron chi connectivity index (χ3n) is 1.94. The van der Waals surface area contributed by atoms with Crippen molar-refractivity contribution in [3.63, 3.8) is 0 Å². The number of carbonyl (C=O) groups is 1. The van der Waals surface area contributed by atoms with Crippen LogP contribution in [0, 0.1) is 5.92 Å². The van der Waals surface area contributed by atoms with Crippen LogP contribution >= 0.6 is 0 Å². The van der Waals surface area contributed by atoms with Crippen LogP contribution in [0.3, 0.4) is 0 Å². The Kier molecular flexibility index (Phi) is 4.04. The van der Waals surface area contributed by atoms with Crippen LogP contribution in [-0.4, -0.2) is 26.2 Å². The summed E-state index contributed by atoms with van der Waals surface area (Å²) in [5, 5.41) is 0. The summed E-state index contributed by atoms with van der Waals surface area (Å²) < 4.78 is 5.24. The number of hydrogen-bond donors (Lipinski definition) is 1. The summed E-state index contributed by atoms with van der Waals surface area (Å²) in [5.41, 5.74) is 2.30. The van der Waals surface area contributed by atoms with Crippen LogP contribution in [0.25, 0.3) is 0 Å². The number of hydroxylamine groups is 1. The Morgan fingerprint density at radius 3 is 3.17 bits per heavy atom. The highest BCUT2D eigenvalue weighted by Gasteiger charge is 2.17. The average Bonchev–Trinajstić information content (AvgIpc) is 2.06. The number of rotatable bonds is 3. The molecule has 0 aromatic carbocycles. The number of carbonyl (C=O) groups excluding carboxylic acids is 1. The highest BCUT2D eigenvalue weighted by Crippen LogP contribution is 2.16. The zero-order valence-electron chi connectivity index (χ0n) is 7.34. The molecule has 4 heteroatoms. The predicted molar refractivity (Wildman–Crippen MR) is 43.3 cm³/mol. The van der Waals surface area contributed by atoms with Crippen molar-refractivity contribution in [3.05, 3.63) is 0 Å². The summed E-state index contributed by atoms with van der Waals surface area (Å²) in [4.78, 5) is 15.5. The topological polar surface area (TPSA) is 47.6 Å². The maximum Gasteiger partial charge on any atom is 0.243 e. The van der Waals surface area contributed by atoms with Crippen LogP contribution in [-0.2, 0) is 14.4 Å². The molecule has 1 rings (SSSR count). The second kappa shape index (κ2) is 5.11. The molecule has 1 heterocycles. The largest absolute Gasteiger partial charge is 0.381 e. The van der Waals surface area contributed by atoms with Gasteiger partial charge in [0.2, 0.25) is 5.91 Å². The van der Waals surface area contributed by atoms with E-state index in [4.69, 9.17) is 4.74 Å². The fraction of sp³-hybridized carbons (Fsp3) is 0.875. The SMILES string of the molecule is CONC(=O)CC1CCCOC1. The molecule has 1 unspecified atom stereocenters. The average molecular weight is 173 g/mol. The first kappa shape index (κ1) is 9.48. The van der Waals surface area contributed by atoms with Gasteiger partial charge in [-0.2, -0.15) is 0 Å². The Hall–Kier alpha value is -0.610. The van der Waals surface area contributed by atoms with Gasteiger partial charge >= 0.3 is 0 Å². The molecule has 0 aromatic heterocycles. The Morgan fingerprint density at radius 2 is 2.58 bits per heavy atom. The molecule has 0 aliphatic carbocycles. The molecular formula is C8H15NO3. The van der Waals surface area contributed by atoms with Crippen molar-refractivity contribution in [2.75, 3.05) is 20.3 Å². The first-order valence-electron chi connectivity index (χ1n) is 4.22. The second-order valence-electron chi connectivity index (χ2n) is 3.02. The van der Waals surface area contributed by atoms with E-state index in [-0.39, 0.29) is 5.91 Å². The fourth-order valence-corrected chi connectivity index (χ4v) is 1.39. The van der Waals surface area contributed by atoms with Gasteiger partial charge in [0, 0.05) is 19.6 Å². The molecule has 0 saturated carbocycles. The lowest BCUT2D eigenvalue weighted by Gasteiger charge is -2.20. The molecule has 0 bridgehead atoms. The summed E-state index contributed by atoms with van der Waals surface area (Å²) in [6, 6.07) is 0. The Morgan fingerprint density at radius 1 is 1.75 bits per heavy atom. The molecule has 70 valence electrons. The van der Waals surface area contributed by atoms with Crippen LogP contribution in [0.5, 0.6) is 0 Å². The van der Waals surface area contributed by atoms with Gasteiger partial charge in [-0.05, 0) is 18.8 Å². The van der Waals surface area contributed by atoms with Gasteiger partial charge < -0.3 is 4.74 Å². The number of nitrogens with one attached hydrogen (secondary N) is 1. The number of hydrogen-bond acceptors (Lipinski definition) is 3. The minimum Gasteiger partial charge on any atom is -0.381 e.